The number of methoxy groups -OCH3 is 1. The largest absolute Gasteiger partial charge is 0.494 e. The Labute approximate surface area is 129 Å². The van der Waals surface area contributed by atoms with Gasteiger partial charge in [-0.3, -0.25) is 0 Å². The molecule has 3 aromatic rings. The molecule has 0 radical (unpaired) electrons. The van der Waals surface area contributed by atoms with E-state index in [2.05, 4.69) is 22.9 Å². The van der Waals surface area contributed by atoms with Gasteiger partial charge in [-0.25, -0.2) is 4.98 Å². The molecule has 0 saturated carbocycles. The first kappa shape index (κ1) is 13.8. The van der Waals surface area contributed by atoms with Crippen LogP contribution in [0, 0.1) is 6.92 Å². The summed E-state index contributed by atoms with van der Waals surface area (Å²) in [5, 5.41) is 4.46. The second-order valence-corrected chi connectivity index (χ2v) is 5.29. The summed E-state index contributed by atoms with van der Waals surface area (Å²) in [7, 11) is 1.66. The normalized spacial score (nSPS) is 10.6. The summed E-state index contributed by atoms with van der Waals surface area (Å²) in [5.74, 6) is 0.776. The minimum Gasteiger partial charge on any atom is -0.494 e. The molecule has 0 amide bonds. The van der Waals surface area contributed by atoms with E-state index < -0.39 is 0 Å². The first-order chi connectivity index (χ1) is 10.2. The van der Waals surface area contributed by atoms with Gasteiger partial charge in [-0.1, -0.05) is 24.3 Å². The molecule has 3 nitrogen and oxygen atoms in total. The van der Waals surface area contributed by atoms with Gasteiger partial charge in [0.1, 0.15) is 11.3 Å². The van der Waals surface area contributed by atoms with Crippen molar-refractivity contribution in [3.05, 3.63) is 54.2 Å². The molecule has 0 unspecified atom stereocenters. The molecule has 1 aromatic heterocycles. The minimum absolute atomic E-state index is 0.776. The van der Waals surface area contributed by atoms with Gasteiger partial charge in [0.2, 0.25) is 0 Å². The quantitative estimate of drug-likeness (QED) is 0.694. The molecule has 106 valence electrons. The van der Waals surface area contributed by atoms with E-state index in [1.807, 2.05) is 55.5 Å². The maximum atomic E-state index is 5.41. The van der Waals surface area contributed by atoms with Gasteiger partial charge < -0.3 is 10.1 Å². The lowest BCUT2D eigenvalue weighted by Crippen LogP contribution is -1.97. The predicted octanol–water partition coefficient (Wildman–Crippen LogP) is 4.58. The molecule has 0 aliphatic rings. The number of nitrogens with one attached hydrogen (secondary N) is 1. The SMILES string of the molecule is COc1cccc2c(Nc3ccccc3S)cc(C)nc12. The highest BCUT2D eigenvalue weighted by Crippen LogP contribution is 2.32. The molecule has 4 heteroatoms. The first-order valence-electron chi connectivity index (χ1n) is 6.68. The van der Waals surface area contributed by atoms with Crippen LogP contribution in [0.25, 0.3) is 10.9 Å². The second kappa shape index (κ2) is 5.66. The Bertz CT molecular complexity index is 802. The van der Waals surface area contributed by atoms with Crippen molar-refractivity contribution in [2.45, 2.75) is 11.8 Å². The second-order valence-electron chi connectivity index (χ2n) is 4.81. The predicted molar refractivity (Wildman–Crippen MR) is 90.0 cm³/mol. The Hall–Kier alpha value is -2.20. The number of rotatable bonds is 3. The Balaban J connectivity index is 2.16. The van der Waals surface area contributed by atoms with Gasteiger partial charge in [0.25, 0.3) is 0 Å². The highest BCUT2D eigenvalue weighted by molar-refractivity contribution is 7.80. The van der Waals surface area contributed by atoms with Crippen LogP contribution < -0.4 is 10.1 Å². The molecule has 1 N–H and O–H groups in total. The van der Waals surface area contributed by atoms with E-state index in [0.717, 1.165) is 38.6 Å². The van der Waals surface area contributed by atoms with Gasteiger partial charge in [-0.05, 0) is 31.2 Å². The molecule has 0 fully saturated rings. The van der Waals surface area contributed by atoms with Gasteiger partial charge in [-0.15, -0.1) is 12.6 Å². The van der Waals surface area contributed by atoms with Crippen LogP contribution in [0.2, 0.25) is 0 Å². The van der Waals surface area contributed by atoms with Crippen molar-refractivity contribution in [3.63, 3.8) is 0 Å². The van der Waals surface area contributed by atoms with Crippen LogP contribution in [0.3, 0.4) is 0 Å². The van der Waals surface area contributed by atoms with E-state index in [0.29, 0.717) is 0 Å². The van der Waals surface area contributed by atoms with E-state index >= 15 is 0 Å². The lowest BCUT2D eigenvalue weighted by molar-refractivity contribution is 0.419. The average molecular weight is 296 g/mol. The summed E-state index contributed by atoms with van der Waals surface area (Å²) in [6.07, 6.45) is 0. The Morgan fingerprint density at radius 2 is 1.86 bits per heavy atom. The number of anilines is 2. The summed E-state index contributed by atoms with van der Waals surface area (Å²) >= 11 is 4.48. The highest BCUT2D eigenvalue weighted by Gasteiger charge is 2.09. The zero-order valence-electron chi connectivity index (χ0n) is 11.9. The molecule has 21 heavy (non-hydrogen) atoms. The van der Waals surface area contributed by atoms with Crippen LogP contribution >= 0.6 is 12.6 Å². The van der Waals surface area contributed by atoms with Crippen LogP contribution in [0.4, 0.5) is 11.4 Å². The summed E-state index contributed by atoms with van der Waals surface area (Å²) in [6, 6.07) is 15.9. The van der Waals surface area contributed by atoms with Gasteiger partial charge in [0.05, 0.1) is 12.8 Å². The van der Waals surface area contributed by atoms with Crippen molar-refractivity contribution >= 4 is 34.9 Å². The fourth-order valence-corrected chi connectivity index (χ4v) is 2.56. The van der Waals surface area contributed by atoms with Gasteiger partial charge >= 0.3 is 0 Å². The number of aryl methyl sites for hydroxylation is 1. The number of thiol groups is 1. The summed E-state index contributed by atoms with van der Waals surface area (Å²) in [4.78, 5) is 5.49. The summed E-state index contributed by atoms with van der Waals surface area (Å²) in [5.41, 5.74) is 3.76. The molecule has 0 saturated heterocycles. The van der Waals surface area contributed by atoms with Crippen molar-refractivity contribution in [2.24, 2.45) is 0 Å². The highest BCUT2D eigenvalue weighted by atomic mass is 32.1. The van der Waals surface area contributed by atoms with E-state index in [1.54, 1.807) is 7.11 Å². The van der Waals surface area contributed by atoms with E-state index in [1.165, 1.54) is 0 Å². The van der Waals surface area contributed by atoms with Gasteiger partial charge in [0, 0.05) is 21.7 Å². The molecule has 1 heterocycles. The number of pyridine rings is 1. The Kier molecular flexibility index (Phi) is 3.71. The number of aromatic nitrogens is 1. The Morgan fingerprint density at radius 3 is 2.62 bits per heavy atom. The molecule has 3 rings (SSSR count). The third-order valence-corrected chi connectivity index (χ3v) is 3.71. The van der Waals surface area contributed by atoms with Crippen molar-refractivity contribution in [1.29, 1.82) is 0 Å². The lowest BCUT2D eigenvalue weighted by Gasteiger charge is -2.13. The molecule has 0 bridgehead atoms. The van der Waals surface area contributed by atoms with Gasteiger partial charge in [0.15, 0.2) is 0 Å². The minimum atomic E-state index is 0.776. The standard InChI is InChI=1S/C17H16N2OS/c1-11-10-14(19-13-7-3-4-9-16(13)21)12-6-5-8-15(20-2)17(12)18-11/h3-10,21H,1-2H3,(H,18,19). The zero-order chi connectivity index (χ0) is 14.8. The number of hydrogen-bond acceptors (Lipinski definition) is 4. The molecule has 2 aromatic carbocycles. The fourth-order valence-electron chi connectivity index (χ4n) is 2.34. The van der Waals surface area contributed by atoms with Crippen LogP contribution in [-0.2, 0) is 0 Å². The van der Waals surface area contributed by atoms with Gasteiger partial charge in [-0.2, -0.15) is 0 Å². The topological polar surface area (TPSA) is 34.1 Å². The van der Waals surface area contributed by atoms with Crippen molar-refractivity contribution in [3.8, 4) is 5.75 Å². The smallest absolute Gasteiger partial charge is 0.145 e. The average Bonchev–Trinajstić information content (AvgIpc) is 2.49. The number of fused-ring (bicyclic) bond motifs is 1. The number of para-hydroxylation sites is 2. The van der Waals surface area contributed by atoms with Crippen LogP contribution in [0.5, 0.6) is 5.75 Å². The van der Waals surface area contributed by atoms with Crippen LogP contribution in [0.15, 0.2) is 53.4 Å². The Morgan fingerprint density at radius 1 is 1.05 bits per heavy atom. The molecular formula is C17H16N2OS. The molecule has 0 aliphatic carbocycles. The van der Waals surface area contributed by atoms with Crippen molar-refractivity contribution in [1.82, 2.24) is 4.98 Å². The fraction of sp³-hybridized carbons (Fsp3) is 0.118. The molecule has 0 atom stereocenters. The van der Waals surface area contributed by atoms with Crippen LogP contribution in [0.1, 0.15) is 5.69 Å². The number of benzene rings is 2. The van der Waals surface area contributed by atoms with Crippen molar-refractivity contribution < 1.29 is 4.74 Å². The third-order valence-electron chi connectivity index (χ3n) is 3.32. The number of nitrogens with zero attached hydrogens (tertiary/aromatic N) is 1. The molecule has 0 spiro atoms. The first-order valence-corrected chi connectivity index (χ1v) is 7.13. The third kappa shape index (κ3) is 2.67. The number of ether oxygens (including phenoxy) is 1. The lowest BCUT2D eigenvalue weighted by atomic mass is 10.1. The summed E-state index contributed by atoms with van der Waals surface area (Å²) in [6.45, 7) is 1.98. The monoisotopic (exact) mass is 296 g/mol. The van der Waals surface area contributed by atoms with Crippen molar-refractivity contribution in [2.75, 3.05) is 12.4 Å². The van der Waals surface area contributed by atoms with E-state index in [-0.39, 0.29) is 0 Å². The van der Waals surface area contributed by atoms with E-state index in [4.69, 9.17) is 4.74 Å². The van der Waals surface area contributed by atoms with Crippen LogP contribution in [-0.4, -0.2) is 12.1 Å². The maximum Gasteiger partial charge on any atom is 0.145 e. The maximum absolute atomic E-state index is 5.41. The zero-order valence-corrected chi connectivity index (χ0v) is 12.8. The summed E-state index contributed by atoms with van der Waals surface area (Å²) < 4.78 is 5.41. The number of hydrogen-bond donors (Lipinski definition) is 2. The molecular weight excluding hydrogens is 280 g/mol. The molecule has 0 aliphatic heterocycles. The van der Waals surface area contributed by atoms with E-state index in [9.17, 15) is 0 Å².